The van der Waals surface area contributed by atoms with Gasteiger partial charge in [0.2, 0.25) is 10.0 Å². The number of nitrogens with zero attached hydrogens (tertiary/aromatic N) is 1. The smallest absolute Gasteiger partial charge is 0.242 e. The van der Waals surface area contributed by atoms with Crippen LogP contribution in [0.2, 0.25) is 0 Å². The Hall–Kier alpha value is -0.950. The number of aliphatic hydroxyl groups is 1. The Morgan fingerprint density at radius 1 is 1.30 bits per heavy atom. The van der Waals surface area contributed by atoms with Crippen LogP contribution in [0.4, 0.5) is 0 Å². The Labute approximate surface area is 121 Å². The van der Waals surface area contributed by atoms with Crippen LogP contribution in [0.3, 0.4) is 0 Å². The molecule has 0 saturated carbocycles. The highest BCUT2D eigenvalue weighted by molar-refractivity contribution is 7.89. The molecule has 0 aliphatic rings. The Balaban J connectivity index is 2.88. The zero-order valence-corrected chi connectivity index (χ0v) is 13.3. The number of hydrogen-bond donors (Lipinski definition) is 2. The first-order valence-electron chi connectivity index (χ1n) is 6.65. The van der Waals surface area contributed by atoms with Gasteiger partial charge in [0.1, 0.15) is 0 Å². The minimum atomic E-state index is -3.40. The van der Waals surface area contributed by atoms with Crippen LogP contribution >= 0.6 is 0 Å². The van der Waals surface area contributed by atoms with Crippen LogP contribution in [-0.4, -0.2) is 45.1 Å². The average Bonchev–Trinajstić information content (AvgIpc) is 2.44. The summed E-state index contributed by atoms with van der Waals surface area (Å²) >= 11 is 0. The van der Waals surface area contributed by atoms with Gasteiger partial charge >= 0.3 is 0 Å². The monoisotopic (exact) mass is 300 g/mol. The van der Waals surface area contributed by atoms with Crippen molar-refractivity contribution in [1.29, 1.82) is 0 Å². The summed E-state index contributed by atoms with van der Waals surface area (Å²) in [5.41, 5.74) is 0.915. The summed E-state index contributed by atoms with van der Waals surface area (Å²) in [5, 5.41) is 12.3. The summed E-state index contributed by atoms with van der Waals surface area (Å²) in [5.74, 6) is 0.172. The molecule has 0 bridgehead atoms. The van der Waals surface area contributed by atoms with Crippen molar-refractivity contribution in [2.45, 2.75) is 24.8 Å². The molecule has 5 nitrogen and oxygen atoms in total. The van der Waals surface area contributed by atoms with Gasteiger partial charge in [0.25, 0.3) is 0 Å². The second kappa shape index (κ2) is 7.17. The lowest BCUT2D eigenvalue weighted by Crippen LogP contribution is -2.26. The second-order valence-electron chi connectivity index (χ2n) is 5.28. The molecule has 0 aliphatic carbocycles. The lowest BCUT2D eigenvalue weighted by atomic mass is 10.1. The fraction of sp³-hybridized carbons (Fsp3) is 0.571. The largest absolute Gasteiger partial charge is 0.396 e. The third-order valence-corrected chi connectivity index (χ3v) is 5.03. The SMILES string of the molecule is CC(CO)CNC(C)c1cccc(S(=O)(=O)N(C)C)c1. The molecule has 0 spiro atoms. The molecule has 0 amide bonds. The Morgan fingerprint density at radius 3 is 2.50 bits per heavy atom. The predicted octanol–water partition coefficient (Wildman–Crippen LogP) is 1.22. The fourth-order valence-electron chi connectivity index (χ4n) is 1.72. The van der Waals surface area contributed by atoms with Crippen LogP contribution in [0, 0.1) is 5.92 Å². The van der Waals surface area contributed by atoms with Crippen LogP contribution in [0.1, 0.15) is 25.5 Å². The zero-order valence-electron chi connectivity index (χ0n) is 12.5. The van der Waals surface area contributed by atoms with Crippen molar-refractivity contribution < 1.29 is 13.5 Å². The molecule has 2 N–H and O–H groups in total. The highest BCUT2D eigenvalue weighted by Gasteiger charge is 2.18. The maximum absolute atomic E-state index is 12.1. The van der Waals surface area contributed by atoms with E-state index in [1.54, 1.807) is 18.2 Å². The van der Waals surface area contributed by atoms with Gasteiger partial charge in [0.05, 0.1) is 4.90 Å². The molecule has 20 heavy (non-hydrogen) atoms. The lowest BCUT2D eigenvalue weighted by molar-refractivity contribution is 0.231. The molecule has 2 atom stereocenters. The Morgan fingerprint density at radius 2 is 1.95 bits per heavy atom. The summed E-state index contributed by atoms with van der Waals surface area (Å²) in [6.45, 7) is 4.75. The van der Waals surface area contributed by atoms with Crippen molar-refractivity contribution in [1.82, 2.24) is 9.62 Å². The van der Waals surface area contributed by atoms with Crippen molar-refractivity contribution >= 4 is 10.0 Å². The first-order valence-corrected chi connectivity index (χ1v) is 8.09. The van der Waals surface area contributed by atoms with Gasteiger partial charge in [-0.15, -0.1) is 0 Å². The van der Waals surface area contributed by atoms with E-state index in [4.69, 9.17) is 5.11 Å². The van der Waals surface area contributed by atoms with E-state index in [2.05, 4.69) is 5.32 Å². The molecule has 0 heterocycles. The first-order chi connectivity index (χ1) is 9.28. The summed E-state index contributed by atoms with van der Waals surface area (Å²) in [6, 6.07) is 6.97. The molecule has 0 aliphatic heterocycles. The van der Waals surface area contributed by atoms with Crippen LogP contribution in [-0.2, 0) is 10.0 Å². The molecule has 0 radical (unpaired) electrons. The van der Waals surface area contributed by atoms with Gasteiger partial charge < -0.3 is 10.4 Å². The van der Waals surface area contributed by atoms with E-state index < -0.39 is 10.0 Å². The summed E-state index contributed by atoms with van der Waals surface area (Å²) in [7, 11) is -0.362. The van der Waals surface area contributed by atoms with Crippen LogP contribution < -0.4 is 5.32 Å². The van der Waals surface area contributed by atoms with Gasteiger partial charge in [-0.3, -0.25) is 0 Å². The van der Waals surface area contributed by atoms with Gasteiger partial charge in [-0.2, -0.15) is 0 Å². The predicted molar refractivity (Wildman–Crippen MR) is 80.0 cm³/mol. The zero-order chi connectivity index (χ0) is 15.3. The van der Waals surface area contributed by atoms with Crippen LogP contribution in [0.15, 0.2) is 29.2 Å². The maximum Gasteiger partial charge on any atom is 0.242 e. The molecule has 1 aromatic carbocycles. The molecule has 114 valence electrons. The number of benzene rings is 1. The fourth-order valence-corrected chi connectivity index (χ4v) is 2.67. The van der Waals surface area contributed by atoms with Gasteiger partial charge in [0, 0.05) is 33.3 Å². The normalized spacial score (nSPS) is 15.3. The minimum Gasteiger partial charge on any atom is -0.396 e. The van der Waals surface area contributed by atoms with Crippen molar-refractivity contribution in [3.63, 3.8) is 0 Å². The third-order valence-electron chi connectivity index (χ3n) is 3.22. The topological polar surface area (TPSA) is 69.6 Å². The quantitative estimate of drug-likeness (QED) is 0.794. The van der Waals surface area contributed by atoms with Gasteiger partial charge in [-0.05, 0) is 30.5 Å². The molecular formula is C14H24N2O3S. The van der Waals surface area contributed by atoms with Crippen LogP contribution in [0.25, 0.3) is 0 Å². The van der Waals surface area contributed by atoms with Crippen molar-refractivity contribution in [2.24, 2.45) is 5.92 Å². The number of aliphatic hydroxyl groups excluding tert-OH is 1. The minimum absolute atomic E-state index is 0.0290. The first kappa shape index (κ1) is 17.1. The molecule has 0 saturated heterocycles. The number of rotatable bonds is 7. The van der Waals surface area contributed by atoms with Gasteiger partial charge in [-0.25, -0.2) is 12.7 Å². The molecule has 0 aromatic heterocycles. The highest BCUT2D eigenvalue weighted by Crippen LogP contribution is 2.19. The van der Waals surface area contributed by atoms with E-state index in [0.29, 0.717) is 11.4 Å². The maximum atomic E-state index is 12.1. The average molecular weight is 300 g/mol. The molecule has 0 fully saturated rings. The summed E-state index contributed by atoms with van der Waals surface area (Å²) < 4.78 is 25.4. The van der Waals surface area contributed by atoms with E-state index in [1.165, 1.54) is 18.4 Å². The summed E-state index contributed by atoms with van der Waals surface area (Å²) in [6.07, 6.45) is 0. The Kier molecular flexibility index (Phi) is 6.13. The lowest BCUT2D eigenvalue weighted by Gasteiger charge is -2.18. The standard InChI is InChI=1S/C14H24N2O3S/c1-11(10-17)9-15-12(2)13-6-5-7-14(8-13)20(18,19)16(3)4/h5-8,11-12,15,17H,9-10H2,1-4H3. The summed E-state index contributed by atoms with van der Waals surface area (Å²) in [4.78, 5) is 0.295. The van der Waals surface area contributed by atoms with Crippen molar-refractivity contribution in [2.75, 3.05) is 27.2 Å². The Bertz CT molecular complexity index is 529. The van der Waals surface area contributed by atoms with Gasteiger partial charge in [0.15, 0.2) is 0 Å². The van der Waals surface area contributed by atoms with Crippen molar-refractivity contribution in [3.05, 3.63) is 29.8 Å². The number of sulfonamides is 1. The molecule has 2 unspecified atom stereocenters. The van der Waals surface area contributed by atoms with E-state index in [-0.39, 0.29) is 18.6 Å². The van der Waals surface area contributed by atoms with E-state index >= 15 is 0 Å². The molecule has 6 heteroatoms. The highest BCUT2D eigenvalue weighted by atomic mass is 32.2. The molecular weight excluding hydrogens is 276 g/mol. The van der Waals surface area contributed by atoms with Crippen molar-refractivity contribution in [3.8, 4) is 0 Å². The number of hydrogen-bond acceptors (Lipinski definition) is 4. The number of nitrogens with one attached hydrogen (secondary N) is 1. The molecule has 1 rings (SSSR count). The van der Waals surface area contributed by atoms with E-state index in [0.717, 1.165) is 5.56 Å². The third kappa shape index (κ3) is 4.28. The van der Waals surface area contributed by atoms with E-state index in [9.17, 15) is 8.42 Å². The second-order valence-corrected chi connectivity index (χ2v) is 7.43. The molecule has 1 aromatic rings. The van der Waals surface area contributed by atoms with Gasteiger partial charge in [-0.1, -0.05) is 19.1 Å². The van der Waals surface area contributed by atoms with Crippen LogP contribution in [0.5, 0.6) is 0 Å². The van der Waals surface area contributed by atoms with E-state index in [1.807, 2.05) is 19.9 Å².